The molecular weight excluding hydrogens is 412 g/mol. The number of benzene rings is 3. The third-order valence-corrected chi connectivity index (χ3v) is 6.42. The second-order valence-electron chi connectivity index (χ2n) is 8.35. The van der Waals surface area contributed by atoms with Crippen molar-refractivity contribution in [2.45, 2.75) is 25.3 Å². The van der Waals surface area contributed by atoms with Gasteiger partial charge in [-0.2, -0.15) is 5.26 Å². The van der Waals surface area contributed by atoms with Gasteiger partial charge in [-0.05, 0) is 47.7 Å². The molecule has 0 radical (unpaired) electrons. The number of rotatable bonds is 4. The topological polar surface area (TPSA) is 72.1 Å². The Morgan fingerprint density at radius 3 is 2.61 bits per heavy atom. The monoisotopic (exact) mass is 434 g/mol. The second kappa shape index (κ2) is 8.40. The van der Waals surface area contributed by atoms with Crippen molar-refractivity contribution < 1.29 is 14.3 Å². The number of ether oxygens (including phenoxy) is 1. The Hall–Kier alpha value is -4.17. The fraction of sp³-hybridized carbons (Fsp3) is 0.179. The van der Waals surface area contributed by atoms with Crippen molar-refractivity contribution in [2.75, 3.05) is 7.11 Å². The van der Waals surface area contributed by atoms with Crippen LogP contribution < -0.4 is 0 Å². The molecule has 0 spiro atoms. The molecule has 5 heteroatoms. The number of Topliss-reactive ketones (excluding diaryl/α,β-unsaturated/α-hetero) is 1. The van der Waals surface area contributed by atoms with Crippen LogP contribution in [0, 0.1) is 11.3 Å². The zero-order chi connectivity index (χ0) is 22.9. The number of nitriles is 1. The van der Waals surface area contributed by atoms with Gasteiger partial charge in [0.25, 0.3) is 0 Å². The van der Waals surface area contributed by atoms with Gasteiger partial charge in [-0.25, -0.2) is 4.79 Å². The number of esters is 1. The molecule has 1 atom stereocenters. The summed E-state index contributed by atoms with van der Waals surface area (Å²) in [6, 6.07) is 25.2. The number of carbonyl (C=O) groups is 2. The molecule has 1 aromatic heterocycles. The van der Waals surface area contributed by atoms with Crippen LogP contribution in [-0.2, 0) is 17.7 Å². The van der Waals surface area contributed by atoms with Crippen LogP contribution in [0.1, 0.15) is 55.4 Å². The van der Waals surface area contributed by atoms with E-state index in [0.29, 0.717) is 41.5 Å². The number of aromatic nitrogens is 1. The van der Waals surface area contributed by atoms with Crippen LogP contribution in [0.3, 0.4) is 0 Å². The Morgan fingerprint density at radius 2 is 1.85 bits per heavy atom. The predicted molar refractivity (Wildman–Crippen MR) is 125 cm³/mol. The maximum atomic E-state index is 13.5. The first-order chi connectivity index (χ1) is 16.1. The van der Waals surface area contributed by atoms with Gasteiger partial charge in [0.15, 0.2) is 5.78 Å². The van der Waals surface area contributed by atoms with Gasteiger partial charge >= 0.3 is 5.97 Å². The first-order valence-electron chi connectivity index (χ1n) is 10.9. The van der Waals surface area contributed by atoms with Crippen molar-refractivity contribution >= 4 is 22.7 Å². The summed E-state index contributed by atoms with van der Waals surface area (Å²) in [5.41, 5.74) is 5.46. The third kappa shape index (κ3) is 3.60. The zero-order valence-electron chi connectivity index (χ0n) is 18.2. The van der Waals surface area contributed by atoms with Crippen molar-refractivity contribution in [3.8, 4) is 6.07 Å². The molecular formula is C28H22N2O3. The minimum atomic E-state index is -0.454. The van der Waals surface area contributed by atoms with Gasteiger partial charge in [0.1, 0.15) is 0 Å². The van der Waals surface area contributed by atoms with Crippen LogP contribution in [0.2, 0.25) is 0 Å². The number of hydrogen-bond donors (Lipinski definition) is 0. The standard InChI is InChI=1S/C28H22N2O3/c1-33-28(32)22-11-6-12-23-26(22)27-24(30(23)17-19-8-5-7-18(13-19)16-29)14-21(15-25(27)31)20-9-3-2-4-10-20/h2-13,21H,14-15,17H2,1H3. The Kier molecular flexibility index (Phi) is 5.27. The summed E-state index contributed by atoms with van der Waals surface area (Å²) in [4.78, 5) is 26.1. The van der Waals surface area contributed by atoms with Gasteiger partial charge in [0.2, 0.25) is 0 Å². The average molecular weight is 434 g/mol. The Balaban J connectivity index is 1.73. The minimum Gasteiger partial charge on any atom is -0.465 e. The van der Waals surface area contributed by atoms with E-state index in [1.165, 1.54) is 7.11 Å². The van der Waals surface area contributed by atoms with E-state index in [2.05, 4.69) is 22.8 Å². The molecule has 0 amide bonds. The Morgan fingerprint density at radius 1 is 1.06 bits per heavy atom. The summed E-state index contributed by atoms with van der Waals surface area (Å²) in [5, 5.41) is 9.98. The van der Waals surface area contributed by atoms with E-state index in [0.717, 1.165) is 22.3 Å². The maximum Gasteiger partial charge on any atom is 0.338 e. The van der Waals surface area contributed by atoms with E-state index in [-0.39, 0.29) is 11.7 Å². The highest BCUT2D eigenvalue weighted by molar-refractivity contribution is 6.16. The second-order valence-corrected chi connectivity index (χ2v) is 8.35. The SMILES string of the molecule is COC(=O)c1cccc2c1c1c(n2Cc2cccc(C#N)c2)CC(c2ccccc2)CC1=O. The molecule has 0 aliphatic heterocycles. The fourth-order valence-corrected chi connectivity index (χ4v) is 4.94. The lowest BCUT2D eigenvalue weighted by atomic mass is 9.81. The van der Waals surface area contributed by atoms with Crippen LogP contribution in [-0.4, -0.2) is 23.4 Å². The van der Waals surface area contributed by atoms with Gasteiger partial charge in [0.05, 0.1) is 29.8 Å². The van der Waals surface area contributed by atoms with Gasteiger partial charge in [-0.3, -0.25) is 4.79 Å². The zero-order valence-corrected chi connectivity index (χ0v) is 18.2. The predicted octanol–water partition coefficient (Wildman–Crippen LogP) is 5.26. The molecule has 1 unspecified atom stereocenters. The smallest absolute Gasteiger partial charge is 0.338 e. The molecule has 3 aromatic carbocycles. The molecule has 1 aliphatic rings. The lowest BCUT2D eigenvalue weighted by molar-refractivity contribution is 0.0603. The third-order valence-electron chi connectivity index (χ3n) is 6.42. The minimum absolute atomic E-state index is 0.0379. The van der Waals surface area contributed by atoms with Crippen LogP contribution in [0.5, 0.6) is 0 Å². The van der Waals surface area contributed by atoms with Crippen molar-refractivity contribution in [1.29, 1.82) is 5.26 Å². The molecule has 33 heavy (non-hydrogen) atoms. The largest absolute Gasteiger partial charge is 0.465 e. The van der Waals surface area contributed by atoms with E-state index >= 15 is 0 Å². The normalized spacial score (nSPS) is 15.2. The maximum absolute atomic E-state index is 13.5. The summed E-state index contributed by atoms with van der Waals surface area (Å²) >= 11 is 0. The van der Waals surface area contributed by atoms with E-state index < -0.39 is 5.97 Å². The molecule has 5 nitrogen and oxygen atoms in total. The van der Waals surface area contributed by atoms with Crippen LogP contribution in [0.25, 0.3) is 10.9 Å². The summed E-state index contributed by atoms with van der Waals surface area (Å²) in [6.45, 7) is 0.501. The molecule has 0 saturated carbocycles. The number of methoxy groups -OCH3 is 1. The van der Waals surface area contributed by atoms with E-state index in [1.54, 1.807) is 12.1 Å². The highest BCUT2D eigenvalue weighted by Gasteiger charge is 2.33. The number of ketones is 1. The van der Waals surface area contributed by atoms with Crippen molar-refractivity contribution in [3.05, 3.63) is 106 Å². The van der Waals surface area contributed by atoms with Gasteiger partial charge in [0, 0.05) is 29.6 Å². The van der Waals surface area contributed by atoms with E-state index in [4.69, 9.17) is 4.74 Å². The first-order valence-corrected chi connectivity index (χ1v) is 10.9. The molecule has 4 aromatic rings. The van der Waals surface area contributed by atoms with E-state index in [1.807, 2.05) is 48.5 Å². The molecule has 1 aliphatic carbocycles. The van der Waals surface area contributed by atoms with Gasteiger partial charge < -0.3 is 9.30 Å². The molecule has 5 rings (SSSR count). The summed E-state index contributed by atoms with van der Waals surface area (Å²) in [6.07, 6.45) is 1.09. The summed E-state index contributed by atoms with van der Waals surface area (Å²) < 4.78 is 7.15. The average Bonchev–Trinajstić information content (AvgIpc) is 3.18. The number of fused-ring (bicyclic) bond motifs is 3. The molecule has 0 N–H and O–H groups in total. The highest BCUT2D eigenvalue weighted by Crippen LogP contribution is 2.40. The molecule has 0 saturated heterocycles. The van der Waals surface area contributed by atoms with Crippen LogP contribution in [0.4, 0.5) is 0 Å². The number of carbonyl (C=O) groups excluding carboxylic acids is 2. The quantitative estimate of drug-likeness (QED) is 0.411. The van der Waals surface area contributed by atoms with Gasteiger partial charge in [-0.15, -0.1) is 0 Å². The molecule has 0 bridgehead atoms. The molecule has 0 fully saturated rings. The van der Waals surface area contributed by atoms with Crippen LogP contribution >= 0.6 is 0 Å². The summed E-state index contributed by atoms with van der Waals surface area (Å²) in [7, 11) is 1.35. The first kappa shape index (κ1) is 20.7. The Labute approximate surface area is 191 Å². The molecule has 162 valence electrons. The fourth-order valence-electron chi connectivity index (χ4n) is 4.94. The van der Waals surface area contributed by atoms with Crippen molar-refractivity contribution in [3.63, 3.8) is 0 Å². The number of nitrogens with zero attached hydrogens (tertiary/aromatic N) is 2. The number of hydrogen-bond acceptors (Lipinski definition) is 4. The lowest BCUT2D eigenvalue weighted by Gasteiger charge is -2.24. The van der Waals surface area contributed by atoms with Crippen molar-refractivity contribution in [1.82, 2.24) is 4.57 Å². The lowest BCUT2D eigenvalue weighted by Crippen LogP contribution is -2.21. The molecule has 1 heterocycles. The van der Waals surface area contributed by atoms with Crippen LogP contribution in [0.15, 0.2) is 72.8 Å². The van der Waals surface area contributed by atoms with E-state index in [9.17, 15) is 14.9 Å². The van der Waals surface area contributed by atoms with Crippen molar-refractivity contribution in [2.24, 2.45) is 0 Å². The Bertz CT molecular complexity index is 1430. The highest BCUT2D eigenvalue weighted by atomic mass is 16.5. The summed E-state index contributed by atoms with van der Waals surface area (Å²) in [5.74, 6) is -0.345. The van der Waals surface area contributed by atoms with Gasteiger partial charge in [-0.1, -0.05) is 48.5 Å².